The van der Waals surface area contributed by atoms with Crippen molar-refractivity contribution in [1.29, 1.82) is 0 Å². The summed E-state index contributed by atoms with van der Waals surface area (Å²) in [4.78, 5) is 4.06. The van der Waals surface area contributed by atoms with Gasteiger partial charge in [0.25, 0.3) is 0 Å². The predicted molar refractivity (Wildman–Crippen MR) is 43.1 cm³/mol. The number of nitrogens with zero attached hydrogens (tertiary/aromatic N) is 1. The highest BCUT2D eigenvalue weighted by Gasteiger charge is 2.10. The van der Waals surface area contributed by atoms with E-state index in [0.717, 1.165) is 30.9 Å². The van der Waals surface area contributed by atoms with Gasteiger partial charge < -0.3 is 4.74 Å². The number of hydrogen-bond donors (Lipinski definition) is 0. The smallest absolute Gasteiger partial charge is 0.216 e. The fourth-order valence-electron chi connectivity index (χ4n) is 1.21. The van der Waals surface area contributed by atoms with Gasteiger partial charge in [-0.1, -0.05) is 11.6 Å². The minimum Gasteiger partial charge on any atom is -0.477 e. The molecule has 0 aliphatic carbocycles. The summed E-state index contributed by atoms with van der Waals surface area (Å²) in [6.45, 7) is 0.779. The summed E-state index contributed by atoms with van der Waals surface area (Å²) >= 11 is 5.76. The molecule has 0 saturated heterocycles. The Morgan fingerprint density at radius 3 is 3.36 bits per heavy atom. The highest BCUT2D eigenvalue weighted by Crippen LogP contribution is 2.24. The highest BCUT2D eigenvalue weighted by atomic mass is 35.5. The van der Waals surface area contributed by atoms with Crippen LogP contribution in [0.15, 0.2) is 12.3 Å². The molecule has 0 amide bonds. The SMILES string of the molecule is Clc1cnc2c(c1)CCCO2. The van der Waals surface area contributed by atoms with Crippen LogP contribution in [0.3, 0.4) is 0 Å². The van der Waals surface area contributed by atoms with E-state index in [9.17, 15) is 0 Å². The minimum absolute atomic E-state index is 0.689. The molecule has 0 bridgehead atoms. The first-order valence-corrected chi connectivity index (χ1v) is 4.01. The molecule has 2 nitrogen and oxygen atoms in total. The Morgan fingerprint density at radius 1 is 1.55 bits per heavy atom. The lowest BCUT2D eigenvalue weighted by Gasteiger charge is -2.15. The first kappa shape index (κ1) is 6.92. The van der Waals surface area contributed by atoms with Gasteiger partial charge in [-0.25, -0.2) is 4.98 Å². The standard InChI is InChI=1S/C8H8ClNO/c9-7-4-6-2-1-3-11-8(6)10-5-7/h4-5H,1-3H2. The van der Waals surface area contributed by atoms with Crippen LogP contribution in [-0.2, 0) is 6.42 Å². The number of ether oxygens (including phenoxy) is 1. The summed E-state index contributed by atoms with van der Waals surface area (Å²) < 4.78 is 5.31. The maximum atomic E-state index is 5.76. The third-order valence-electron chi connectivity index (χ3n) is 1.72. The fourth-order valence-corrected chi connectivity index (χ4v) is 1.39. The monoisotopic (exact) mass is 169 g/mol. The van der Waals surface area contributed by atoms with Gasteiger partial charge in [0, 0.05) is 11.8 Å². The van der Waals surface area contributed by atoms with Gasteiger partial charge in [-0.05, 0) is 18.9 Å². The predicted octanol–water partition coefficient (Wildman–Crippen LogP) is 2.06. The number of rotatable bonds is 0. The Bertz CT molecular complexity index is 275. The van der Waals surface area contributed by atoms with E-state index in [1.165, 1.54) is 0 Å². The van der Waals surface area contributed by atoms with Crippen molar-refractivity contribution in [2.24, 2.45) is 0 Å². The zero-order chi connectivity index (χ0) is 7.68. The average molecular weight is 170 g/mol. The van der Waals surface area contributed by atoms with E-state index in [0.29, 0.717) is 5.02 Å². The van der Waals surface area contributed by atoms with E-state index in [1.54, 1.807) is 6.20 Å². The highest BCUT2D eigenvalue weighted by molar-refractivity contribution is 6.30. The second-order valence-electron chi connectivity index (χ2n) is 2.57. The van der Waals surface area contributed by atoms with Crippen molar-refractivity contribution in [3.63, 3.8) is 0 Å². The molecular weight excluding hydrogens is 162 g/mol. The van der Waals surface area contributed by atoms with E-state index >= 15 is 0 Å². The molecule has 1 aromatic rings. The number of fused-ring (bicyclic) bond motifs is 1. The molecule has 11 heavy (non-hydrogen) atoms. The molecule has 1 aliphatic heterocycles. The molecular formula is C8H8ClNO. The number of hydrogen-bond acceptors (Lipinski definition) is 2. The van der Waals surface area contributed by atoms with Gasteiger partial charge >= 0.3 is 0 Å². The van der Waals surface area contributed by atoms with Crippen LogP contribution in [0.1, 0.15) is 12.0 Å². The van der Waals surface area contributed by atoms with Gasteiger partial charge in [-0.2, -0.15) is 0 Å². The normalized spacial score (nSPS) is 15.4. The summed E-state index contributed by atoms with van der Waals surface area (Å²) in [6, 6.07) is 1.92. The summed E-state index contributed by atoms with van der Waals surface area (Å²) in [5.41, 5.74) is 1.13. The van der Waals surface area contributed by atoms with Gasteiger partial charge in [0.05, 0.1) is 11.6 Å². The summed E-state index contributed by atoms with van der Waals surface area (Å²) in [5, 5.41) is 0.689. The molecule has 0 radical (unpaired) electrons. The third kappa shape index (κ3) is 1.31. The van der Waals surface area contributed by atoms with Crippen LogP contribution in [0.25, 0.3) is 0 Å². The Morgan fingerprint density at radius 2 is 2.45 bits per heavy atom. The molecule has 3 heteroatoms. The van der Waals surface area contributed by atoms with Gasteiger partial charge in [-0.15, -0.1) is 0 Å². The summed E-state index contributed by atoms with van der Waals surface area (Å²) in [6.07, 6.45) is 3.71. The molecule has 0 saturated carbocycles. The van der Waals surface area contributed by atoms with E-state index < -0.39 is 0 Å². The second-order valence-corrected chi connectivity index (χ2v) is 3.01. The lowest BCUT2D eigenvalue weighted by atomic mass is 10.1. The summed E-state index contributed by atoms with van der Waals surface area (Å²) in [7, 11) is 0. The van der Waals surface area contributed by atoms with Crippen molar-refractivity contribution in [2.75, 3.05) is 6.61 Å². The van der Waals surface area contributed by atoms with Crippen LogP contribution in [0.2, 0.25) is 5.02 Å². The number of aromatic nitrogens is 1. The fraction of sp³-hybridized carbons (Fsp3) is 0.375. The van der Waals surface area contributed by atoms with E-state index in [2.05, 4.69) is 4.98 Å². The first-order valence-electron chi connectivity index (χ1n) is 3.63. The molecule has 0 aromatic carbocycles. The minimum atomic E-state index is 0.689. The number of aryl methyl sites for hydroxylation is 1. The first-order chi connectivity index (χ1) is 5.36. The van der Waals surface area contributed by atoms with Crippen LogP contribution < -0.4 is 4.74 Å². The van der Waals surface area contributed by atoms with Gasteiger partial charge in [0.2, 0.25) is 5.88 Å². The van der Waals surface area contributed by atoms with E-state index in [1.807, 2.05) is 6.07 Å². The van der Waals surface area contributed by atoms with Crippen LogP contribution in [0, 0.1) is 0 Å². The van der Waals surface area contributed by atoms with E-state index in [-0.39, 0.29) is 0 Å². The van der Waals surface area contributed by atoms with Crippen molar-refractivity contribution in [3.8, 4) is 5.88 Å². The Hall–Kier alpha value is -0.760. The van der Waals surface area contributed by atoms with Crippen molar-refractivity contribution in [2.45, 2.75) is 12.8 Å². The lowest BCUT2D eigenvalue weighted by Crippen LogP contribution is -2.09. The van der Waals surface area contributed by atoms with Crippen LogP contribution in [-0.4, -0.2) is 11.6 Å². The number of pyridine rings is 1. The van der Waals surface area contributed by atoms with Crippen LogP contribution in [0.4, 0.5) is 0 Å². The Labute approximate surface area is 70.2 Å². The van der Waals surface area contributed by atoms with Crippen molar-refractivity contribution in [3.05, 3.63) is 22.8 Å². The second kappa shape index (κ2) is 2.70. The topological polar surface area (TPSA) is 22.1 Å². The zero-order valence-electron chi connectivity index (χ0n) is 6.01. The molecule has 0 unspecified atom stereocenters. The van der Waals surface area contributed by atoms with Crippen LogP contribution in [0.5, 0.6) is 5.88 Å². The molecule has 1 aliphatic rings. The Balaban J connectivity index is 2.43. The third-order valence-corrected chi connectivity index (χ3v) is 1.93. The van der Waals surface area contributed by atoms with Crippen LogP contribution >= 0.6 is 11.6 Å². The largest absolute Gasteiger partial charge is 0.477 e. The number of halogens is 1. The Kier molecular flexibility index (Phi) is 1.70. The molecule has 0 N–H and O–H groups in total. The molecule has 2 heterocycles. The van der Waals surface area contributed by atoms with Gasteiger partial charge in [0.15, 0.2) is 0 Å². The van der Waals surface area contributed by atoms with Gasteiger partial charge in [-0.3, -0.25) is 0 Å². The van der Waals surface area contributed by atoms with Crippen molar-refractivity contribution >= 4 is 11.6 Å². The van der Waals surface area contributed by atoms with E-state index in [4.69, 9.17) is 16.3 Å². The van der Waals surface area contributed by atoms with Gasteiger partial charge in [0.1, 0.15) is 0 Å². The maximum Gasteiger partial charge on any atom is 0.216 e. The zero-order valence-corrected chi connectivity index (χ0v) is 6.77. The average Bonchev–Trinajstić information content (AvgIpc) is 2.04. The molecule has 58 valence electrons. The van der Waals surface area contributed by atoms with Crippen molar-refractivity contribution in [1.82, 2.24) is 4.98 Å². The molecule has 0 fully saturated rings. The molecule has 0 atom stereocenters. The molecule has 0 spiro atoms. The maximum absolute atomic E-state index is 5.76. The summed E-state index contributed by atoms with van der Waals surface area (Å²) in [5.74, 6) is 0.751. The molecule has 2 rings (SSSR count). The lowest BCUT2D eigenvalue weighted by molar-refractivity contribution is 0.276. The van der Waals surface area contributed by atoms with Crippen molar-refractivity contribution < 1.29 is 4.74 Å². The quantitative estimate of drug-likeness (QED) is 0.593. The molecule has 1 aromatic heterocycles.